The van der Waals surface area contributed by atoms with Crippen LogP contribution in [0.2, 0.25) is 10.0 Å². The van der Waals surface area contributed by atoms with Gasteiger partial charge in [0.1, 0.15) is 5.54 Å². The van der Waals surface area contributed by atoms with Crippen molar-refractivity contribution in [2.24, 2.45) is 5.73 Å². The van der Waals surface area contributed by atoms with Gasteiger partial charge in [-0.05, 0) is 31.0 Å². The van der Waals surface area contributed by atoms with Gasteiger partial charge in [-0.25, -0.2) is 0 Å². The third-order valence-corrected chi connectivity index (χ3v) is 4.27. The minimum Gasteiger partial charge on any atom is -0.368 e. The van der Waals surface area contributed by atoms with Gasteiger partial charge in [0, 0.05) is 5.02 Å². The van der Waals surface area contributed by atoms with Crippen LogP contribution in [-0.4, -0.2) is 17.4 Å². The van der Waals surface area contributed by atoms with Gasteiger partial charge in [0.05, 0.1) is 10.6 Å². The van der Waals surface area contributed by atoms with E-state index in [4.69, 9.17) is 28.9 Å². The van der Waals surface area contributed by atoms with Crippen LogP contribution in [0.5, 0.6) is 0 Å². The number of halogens is 2. The average molecular weight is 315 g/mol. The van der Waals surface area contributed by atoms with Crippen LogP contribution in [0, 0.1) is 0 Å². The van der Waals surface area contributed by atoms with E-state index < -0.39 is 17.4 Å². The summed E-state index contributed by atoms with van der Waals surface area (Å²) in [4.78, 5) is 24.1. The smallest absolute Gasteiger partial charge is 0.253 e. The van der Waals surface area contributed by atoms with Gasteiger partial charge in [-0.1, -0.05) is 42.5 Å². The summed E-state index contributed by atoms with van der Waals surface area (Å²) in [6.45, 7) is 0. The lowest BCUT2D eigenvalue weighted by Gasteiger charge is -2.35. The Morgan fingerprint density at radius 2 is 1.80 bits per heavy atom. The lowest BCUT2D eigenvalue weighted by molar-refractivity contribution is -0.125. The lowest BCUT2D eigenvalue weighted by Crippen LogP contribution is -2.58. The van der Waals surface area contributed by atoms with Crippen molar-refractivity contribution in [3.63, 3.8) is 0 Å². The maximum Gasteiger partial charge on any atom is 0.253 e. The summed E-state index contributed by atoms with van der Waals surface area (Å²) in [5.41, 5.74) is 4.77. The number of hydrogen-bond donors (Lipinski definition) is 2. The van der Waals surface area contributed by atoms with Crippen molar-refractivity contribution in [1.82, 2.24) is 5.32 Å². The number of rotatable bonds is 3. The van der Waals surface area contributed by atoms with E-state index in [1.54, 1.807) is 12.1 Å². The zero-order valence-electron chi connectivity index (χ0n) is 10.9. The Bertz CT molecular complexity index is 540. The minimum absolute atomic E-state index is 0.255. The van der Waals surface area contributed by atoms with Crippen LogP contribution in [0.15, 0.2) is 18.2 Å². The first-order valence-corrected chi connectivity index (χ1v) is 7.28. The third kappa shape index (κ3) is 3.07. The highest BCUT2D eigenvalue weighted by molar-refractivity contribution is 6.35. The van der Waals surface area contributed by atoms with Crippen LogP contribution < -0.4 is 11.1 Å². The molecule has 1 aromatic rings. The largest absolute Gasteiger partial charge is 0.368 e. The standard InChI is InChI=1S/C14H16Cl2N2O2/c15-9-4-5-11(16)10(8-9)12(19)18-14(13(17)20)6-2-1-3-7-14/h4-5,8H,1-3,6-7H2,(H2,17,20)(H,18,19). The van der Waals surface area contributed by atoms with Crippen LogP contribution >= 0.6 is 23.2 Å². The molecule has 3 N–H and O–H groups in total. The number of nitrogens with two attached hydrogens (primary N) is 1. The van der Waals surface area contributed by atoms with Crippen molar-refractivity contribution in [2.75, 3.05) is 0 Å². The number of amides is 2. The summed E-state index contributed by atoms with van der Waals surface area (Å²) in [6, 6.07) is 4.64. The van der Waals surface area contributed by atoms with E-state index in [1.165, 1.54) is 6.07 Å². The van der Waals surface area contributed by atoms with Crippen molar-refractivity contribution in [2.45, 2.75) is 37.6 Å². The molecule has 1 aliphatic carbocycles. The fourth-order valence-electron chi connectivity index (χ4n) is 2.54. The summed E-state index contributed by atoms with van der Waals surface area (Å²) in [5.74, 6) is -0.915. The number of hydrogen-bond acceptors (Lipinski definition) is 2. The second-order valence-corrected chi connectivity index (χ2v) is 5.93. The molecule has 0 heterocycles. The van der Waals surface area contributed by atoms with Crippen molar-refractivity contribution in [3.05, 3.63) is 33.8 Å². The number of nitrogens with one attached hydrogen (secondary N) is 1. The van der Waals surface area contributed by atoms with E-state index in [0.717, 1.165) is 19.3 Å². The van der Waals surface area contributed by atoms with E-state index in [1.807, 2.05) is 0 Å². The molecule has 0 saturated heterocycles. The molecular formula is C14H16Cl2N2O2. The zero-order chi connectivity index (χ0) is 14.8. The summed E-state index contributed by atoms with van der Waals surface area (Å²) in [5, 5.41) is 3.47. The van der Waals surface area contributed by atoms with E-state index in [0.29, 0.717) is 22.9 Å². The molecule has 1 aromatic carbocycles. The van der Waals surface area contributed by atoms with Gasteiger partial charge in [-0.15, -0.1) is 0 Å². The average Bonchev–Trinajstić information content (AvgIpc) is 2.42. The lowest BCUT2D eigenvalue weighted by atomic mass is 9.81. The van der Waals surface area contributed by atoms with Crippen LogP contribution in [0.3, 0.4) is 0 Å². The van der Waals surface area contributed by atoms with Gasteiger partial charge in [0.2, 0.25) is 5.91 Å². The molecule has 0 radical (unpaired) electrons. The molecule has 0 atom stereocenters. The van der Waals surface area contributed by atoms with E-state index in [2.05, 4.69) is 5.32 Å². The Balaban J connectivity index is 2.24. The van der Waals surface area contributed by atoms with E-state index >= 15 is 0 Å². The Kier molecular flexibility index (Phi) is 4.55. The molecule has 108 valence electrons. The zero-order valence-corrected chi connectivity index (χ0v) is 12.4. The van der Waals surface area contributed by atoms with Gasteiger partial charge in [0.25, 0.3) is 5.91 Å². The number of carbonyl (C=O) groups is 2. The molecule has 0 bridgehead atoms. The first-order chi connectivity index (χ1) is 9.44. The topological polar surface area (TPSA) is 72.2 Å². The molecule has 0 aliphatic heterocycles. The molecule has 1 saturated carbocycles. The Hall–Kier alpha value is -1.26. The van der Waals surface area contributed by atoms with Crippen LogP contribution in [0.4, 0.5) is 0 Å². The molecule has 1 aliphatic rings. The molecule has 2 rings (SSSR count). The molecule has 1 fully saturated rings. The first kappa shape index (κ1) is 15.1. The fraction of sp³-hybridized carbons (Fsp3) is 0.429. The van der Waals surface area contributed by atoms with Crippen molar-refractivity contribution >= 4 is 35.0 Å². The highest BCUT2D eigenvalue weighted by Crippen LogP contribution is 2.29. The summed E-state index contributed by atoms with van der Waals surface area (Å²) < 4.78 is 0. The third-order valence-electron chi connectivity index (χ3n) is 3.70. The molecule has 2 amide bonds. The quantitative estimate of drug-likeness (QED) is 0.900. The van der Waals surface area contributed by atoms with Gasteiger partial charge in [-0.2, -0.15) is 0 Å². The second-order valence-electron chi connectivity index (χ2n) is 5.09. The predicted molar refractivity (Wildman–Crippen MR) is 78.9 cm³/mol. The second kappa shape index (κ2) is 6.02. The van der Waals surface area contributed by atoms with Crippen LogP contribution in [0.1, 0.15) is 42.5 Å². The summed E-state index contributed by atoms with van der Waals surface area (Å²) in [6.07, 6.45) is 3.90. The minimum atomic E-state index is -0.971. The molecule has 20 heavy (non-hydrogen) atoms. The Morgan fingerprint density at radius 3 is 2.40 bits per heavy atom. The van der Waals surface area contributed by atoms with Gasteiger partial charge in [-0.3, -0.25) is 9.59 Å². The van der Waals surface area contributed by atoms with Gasteiger partial charge in [0.15, 0.2) is 0 Å². The number of benzene rings is 1. The number of primary amides is 1. The van der Waals surface area contributed by atoms with Gasteiger partial charge >= 0.3 is 0 Å². The van der Waals surface area contributed by atoms with E-state index in [9.17, 15) is 9.59 Å². The maximum absolute atomic E-state index is 12.3. The van der Waals surface area contributed by atoms with Crippen molar-refractivity contribution in [1.29, 1.82) is 0 Å². The molecule has 0 spiro atoms. The maximum atomic E-state index is 12.3. The highest BCUT2D eigenvalue weighted by Gasteiger charge is 2.39. The Labute approximate surface area is 127 Å². The SMILES string of the molecule is NC(=O)C1(NC(=O)c2cc(Cl)ccc2Cl)CCCCC1. The monoisotopic (exact) mass is 314 g/mol. The first-order valence-electron chi connectivity index (χ1n) is 6.52. The van der Waals surface area contributed by atoms with E-state index in [-0.39, 0.29) is 5.56 Å². The number of carbonyl (C=O) groups excluding carboxylic acids is 2. The highest BCUT2D eigenvalue weighted by atomic mass is 35.5. The fourth-order valence-corrected chi connectivity index (χ4v) is 2.92. The molecule has 0 aromatic heterocycles. The predicted octanol–water partition coefficient (Wildman–Crippen LogP) is 2.91. The summed E-state index contributed by atoms with van der Waals surface area (Å²) >= 11 is 11.9. The molecule has 6 heteroatoms. The van der Waals surface area contributed by atoms with Crippen LogP contribution in [-0.2, 0) is 4.79 Å². The van der Waals surface area contributed by atoms with Crippen LogP contribution in [0.25, 0.3) is 0 Å². The molecule has 4 nitrogen and oxygen atoms in total. The van der Waals surface area contributed by atoms with Crippen molar-refractivity contribution in [3.8, 4) is 0 Å². The normalized spacial score (nSPS) is 17.5. The molecular weight excluding hydrogens is 299 g/mol. The summed E-state index contributed by atoms with van der Waals surface area (Å²) in [7, 11) is 0. The molecule has 0 unspecified atom stereocenters. The van der Waals surface area contributed by atoms with Crippen molar-refractivity contribution < 1.29 is 9.59 Å². The Morgan fingerprint density at radius 1 is 1.15 bits per heavy atom. The van der Waals surface area contributed by atoms with Gasteiger partial charge < -0.3 is 11.1 Å².